The Morgan fingerprint density at radius 1 is 1.14 bits per heavy atom. The van der Waals surface area contributed by atoms with Crippen LogP contribution in [0.5, 0.6) is 0 Å². The van der Waals surface area contributed by atoms with Crippen LogP contribution in [0.2, 0.25) is 0 Å². The predicted molar refractivity (Wildman–Crippen MR) is 75.0 cm³/mol. The maximum Gasteiger partial charge on any atom is 0.416 e. The van der Waals surface area contributed by atoms with E-state index in [1.54, 1.807) is 19.1 Å². The monoisotopic (exact) mass is 294 g/mol. The molecule has 2 aromatic carbocycles. The van der Waals surface area contributed by atoms with Crippen LogP contribution in [0.4, 0.5) is 24.5 Å². The average molecular weight is 294 g/mol. The first-order chi connectivity index (χ1) is 9.77. The van der Waals surface area contributed by atoms with Crippen molar-refractivity contribution in [2.24, 2.45) is 0 Å². The van der Waals surface area contributed by atoms with Crippen molar-refractivity contribution < 1.29 is 18.0 Å². The fourth-order valence-electron chi connectivity index (χ4n) is 1.81. The van der Waals surface area contributed by atoms with Crippen LogP contribution in [0.1, 0.15) is 21.5 Å². The van der Waals surface area contributed by atoms with E-state index in [1.165, 1.54) is 18.2 Å². The Labute approximate surface area is 119 Å². The van der Waals surface area contributed by atoms with E-state index in [0.29, 0.717) is 11.3 Å². The van der Waals surface area contributed by atoms with Gasteiger partial charge in [-0.15, -0.1) is 0 Å². The number of hydrogen-bond donors (Lipinski definition) is 2. The van der Waals surface area contributed by atoms with E-state index in [4.69, 9.17) is 5.73 Å². The minimum Gasteiger partial charge on any atom is -0.399 e. The number of anilines is 2. The van der Waals surface area contributed by atoms with Crippen molar-refractivity contribution in [1.29, 1.82) is 0 Å². The molecule has 0 spiro atoms. The highest BCUT2D eigenvalue weighted by Gasteiger charge is 2.30. The molecule has 0 aromatic heterocycles. The zero-order chi connectivity index (χ0) is 15.6. The van der Waals surface area contributed by atoms with Gasteiger partial charge >= 0.3 is 6.18 Å². The summed E-state index contributed by atoms with van der Waals surface area (Å²) < 4.78 is 38.1. The van der Waals surface area contributed by atoms with Gasteiger partial charge in [-0.1, -0.05) is 12.1 Å². The van der Waals surface area contributed by atoms with Crippen molar-refractivity contribution in [3.05, 3.63) is 59.2 Å². The van der Waals surface area contributed by atoms with Gasteiger partial charge in [-0.05, 0) is 42.8 Å². The quantitative estimate of drug-likeness (QED) is 0.827. The first kappa shape index (κ1) is 14.9. The van der Waals surface area contributed by atoms with Crippen LogP contribution >= 0.6 is 0 Å². The maximum atomic E-state index is 12.7. The summed E-state index contributed by atoms with van der Waals surface area (Å²) >= 11 is 0. The summed E-state index contributed by atoms with van der Waals surface area (Å²) in [5.74, 6) is -0.510. The Hall–Kier alpha value is -2.50. The third-order valence-corrected chi connectivity index (χ3v) is 2.96. The molecular formula is C15H13F3N2O. The van der Waals surface area contributed by atoms with Crippen LogP contribution < -0.4 is 11.1 Å². The molecule has 0 aliphatic rings. The second-order valence-corrected chi connectivity index (χ2v) is 4.61. The number of hydrogen-bond acceptors (Lipinski definition) is 2. The molecule has 2 aromatic rings. The van der Waals surface area contributed by atoms with Crippen LogP contribution in [0, 0.1) is 6.92 Å². The van der Waals surface area contributed by atoms with E-state index >= 15 is 0 Å². The minimum atomic E-state index is -4.45. The van der Waals surface area contributed by atoms with Gasteiger partial charge in [0, 0.05) is 16.9 Å². The molecule has 0 unspecified atom stereocenters. The highest BCUT2D eigenvalue weighted by atomic mass is 19.4. The molecule has 6 heteroatoms. The van der Waals surface area contributed by atoms with Crippen LogP contribution in [0.3, 0.4) is 0 Å². The van der Waals surface area contributed by atoms with E-state index in [2.05, 4.69) is 5.32 Å². The third kappa shape index (κ3) is 3.53. The Morgan fingerprint density at radius 3 is 2.48 bits per heavy atom. The number of halogens is 3. The molecule has 0 aliphatic carbocycles. The number of carbonyl (C=O) groups is 1. The highest BCUT2D eigenvalue weighted by molar-refractivity contribution is 6.05. The standard InChI is InChI=1S/C15H13F3N2O/c1-9-5-6-11(15(16,17)18)8-13(9)20-14(21)10-3-2-4-12(19)7-10/h2-8H,19H2,1H3,(H,20,21). The van der Waals surface area contributed by atoms with Gasteiger partial charge in [0.15, 0.2) is 0 Å². The largest absolute Gasteiger partial charge is 0.416 e. The van der Waals surface area contributed by atoms with Gasteiger partial charge in [-0.3, -0.25) is 4.79 Å². The van der Waals surface area contributed by atoms with Gasteiger partial charge in [-0.25, -0.2) is 0 Å². The zero-order valence-corrected chi connectivity index (χ0v) is 11.2. The molecule has 1 amide bonds. The SMILES string of the molecule is Cc1ccc(C(F)(F)F)cc1NC(=O)c1cccc(N)c1. The number of nitrogens with one attached hydrogen (secondary N) is 1. The molecule has 110 valence electrons. The van der Waals surface area contributed by atoms with Crippen molar-refractivity contribution >= 4 is 17.3 Å². The van der Waals surface area contributed by atoms with Crippen molar-refractivity contribution in [3.63, 3.8) is 0 Å². The molecule has 0 bridgehead atoms. The van der Waals surface area contributed by atoms with E-state index in [-0.39, 0.29) is 11.3 Å². The molecule has 0 saturated heterocycles. The maximum absolute atomic E-state index is 12.7. The van der Waals surface area contributed by atoms with Crippen LogP contribution in [-0.4, -0.2) is 5.91 Å². The summed E-state index contributed by atoms with van der Waals surface area (Å²) in [6, 6.07) is 9.42. The Balaban J connectivity index is 2.29. The van der Waals surface area contributed by atoms with E-state index in [9.17, 15) is 18.0 Å². The van der Waals surface area contributed by atoms with Gasteiger partial charge in [0.2, 0.25) is 0 Å². The number of amides is 1. The summed E-state index contributed by atoms with van der Waals surface area (Å²) in [6.07, 6.45) is -4.45. The van der Waals surface area contributed by atoms with Crippen molar-refractivity contribution in [3.8, 4) is 0 Å². The van der Waals surface area contributed by atoms with Crippen LogP contribution in [-0.2, 0) is 6.18 Å². The molecule has 0 fully saturated rings. The molecule has 3 N–H and O–H groups in total. The predicted octanol–water partition coefficient (Wildman–Crippen LogP) is 3.85. The molecule has 3 nitrogen and oxygen atoms in total. The molecule has 0 aliphatic heterocycles. The van der Waals surface area contributed by atoms with Gasteiger partial charge in [-0.2, -0.15) is 13.2 Å². The number of nitrogens with two attached hydrogens (primary N) is 1. The Bertz CT molecular complexity index is 681. The smallest absolute Gasteiger partial charge is 0.399 e. The molecule has 0 radical (unpaired) electrons. The number of nitrogen functional groups attached to an aromatic ring is 1. The lowest BCUT2D eigenvalue weighted by atomic mass is 10.1. The summed E-state index contributed by atoms with van der Waals surface area (Å²) in [4.78, 5) is 12.0. The number of benzene rings is 2. The number of aryl methyl sites for hydroxylation is 1. The second kappa shape index (κ2) is 5.47. The molecule has 21 heavy (non-hydrogen) atoms. The lowest BCUT2D eigenvalue weighted by Gasteiger charge is -2.12. The van der Waals surface area contributed by atoms with Gasteiger partial charge < -0.3 is 11.1 Å². The molecule has 0 atom stereocenters. The van der Waals surface area contributed by atoms with Gasteiger partial charge in [0.05, 0.1) is 5.56 Å². The van der Waals surface area contributed by atoms with Crippen LogP contribution in [0.15, 0.2) is 42.5 Å². The lowest BCUT2D eigenvalue weighted by Crippen LogP contribution is -2.14. The minimum absolute atomic E-state index is 0.122. The molecular weight excluding hydrogens is 281 g/mol. The van der Waals surface area contributed by atoms with Crippen molar-refractivity contribution in [2.45, 2.75) is 13.1 Å². The highest BCUT2D eigenvalue weighted by Crippen LogP contribution is 2.32. The molecule has 0 heterocycles. The first-order valence-corrected chi connectivity index (χ1v) is 6.12. The lowest BCUT2D eigenvalue weighted by molar-refractivity contribution is -0.137. The van der Waals surface area contributed by atoms with Gasteiger partial charge in [0.25, 0.3) is 5.91 Å². The average Bonchev–Trinajstić information content (AvgIpc) is 2.40. The van der Waals surface area contributed by atoms with Crippen molar-refractivity contribution in [2.75, 3.05) is 11.1 Å². The van der Waals surface area contributed by atoms with Crippen LogP contribution in [0.25, 0.3) is 0 Å². The fourth-order valence-corrected chi connectivity index (χ4v) is 1.81. The van der Waals surface area contributed by atoms with Crippen molar-refractivity contribution in [1.82, 2.24) is 0 Å². The normalized spacial score (nSPS) is 11.2. The zero-order valence-electron chi connectivity index (χ0n) is 11.2. The first-order valence-electron chi connectivity index (χ1n) is 6.12. The Morgan fingerprint density at radius 2 is 1.86 bits per heavy atom. The summed E-state index contributed by atoms with van der Waals surface area (Å²) in [5, 5.41) is 2.47. The number of rotatable bonds is 2. The third-order valence-electron chi connectivity index (χ3n) is 2.96. The van der Waals surface area contributed by atoms with E-state index in [1.807, 2.05) is 0 Å². The fraction of sp³-hybridized carbons (Fsp3) is 0.133. The summed E-state index contributed by atoms with van der Waals surface area (Å²) in [6.45, 7) is 1.62. The topological polar surface area (TPSA) is 55.1 Å². The summed E-state index contributed by atoms with van der Waals surface area (Å²) in [5.41, 5.74) is 6.12. The number of alkyl halides is 3. The van der Waals surface area contributed by atoms with E-state index < -0.39 is 17.6 Å². The number of carbonyl (C=O) groups excluding carboxylic acids is 1. The second-order valence-electron chi connectivity index (χ2n) is 4.61. The Kier molecular flexibility index (Phi) is 3.88. The molecule has 2 rings (SSSR count). The van der Waals surface area contributed by atoms with E-state index in [0.717, 1.165) is 12.1 Å². The van der Waals surface area contributed by atoms with Gasteiger partial charge in [0.1, 0.15) is 0 Å². The summed E-state index contributed by atoms with van der Waals surface area (Å²) in [7, 11) is 0. The molecule has 0 saturated carbocycles.